The van der Waals surface area contributed by atoms with Crippen LogP contribution in [0.4, 0.5) is 23.0 Å². The van der Waals surface area contributed by atoms with E-state index in [9.17, 15) is 71.4 Å². The number of carbonyl (C=O) groups is 2. The highest BCUT2D eigenvalue weighted by Crippen LogP contribution is 2.49. The van der Waals surface area contributed by atoms with Crippen LogP contribution in [0.1, 0.15) is 105 Å². The maximum absolute atomic E-state index is 13.9. The minimum atomic E-state index is -4.62. The summed E-state index contributed by atoms with van der Waals surface area (Å²) >= 11 is 0. The van der Waals surface area contributed by atoms with E-state index in [1.165, 1.54) is 37.5 Å². The van der Waals surface area contributed by atoms with Gasteiger partial charge in [0.2, 0.25) is 11.6 Å². The van der Waals surface area contributed by atoms with E-state index in [-0.39, 0.29) is 71.4 Å². The van der Waals surface area contributed by atoms with Crippen LogP contribution in [0.15, 0.2) is 153 Å². The number of hydrogen-bond donors (Lipinski definition) is 8. The van der Waals surface area contributed by atoms with Gasteiger partial charge in [-0.15, -0.1) is 0 Å². The molecule has 0 fully saturated rings. The molecule has 488 valence electrons. The summed E-state index contributed by atoms with van der Waals surface area (Å²) in [6.45, 7) is 8.19. The second-order valence-electron chi connectivity index (χ2n) is 23.7. The van der Waals surface area contributed by atoms with Gasteiger partial charge in [0.15, 0.2) is 16.9 Å². The van der Waals surface area contributed by atoms with Crippen LogP contribution in [0.3, 0.4) is 0 Å². The number of allylic oxidation sites excluding steroid dienone is 7. The number of carboxylic acids is 1. The van der Waals surface area contributed by atoms with Crippen molar-refractivity contribution >= 4 is 92.2 Å². The van der Waals surface area contributed by atoms with Crippen LogP contribution in [0.5, 0.6) is 5.75 Å². The summed E-state index contributed by atoms with van der Waals surface area (Å²) in [4.78, 5) is 56.4. The molecule has 0 saturated heterocycles. The molecule has 2 aliphatic heterocycles. The number of fused-ring (bicyclic) bond motifs is 3. The van der Waals surface area contributed by atoms with Crippen molar-refractivity contribution in [2.24, 2.45) is 0 Å². The van der Waals surface area contributed by atoms with Gasteiger partial charge in [0.05, 0.1) is 45.1 Å². The summed E-state index contributed by atoms with van der Waals surface area (Å²) in [6.07, 6.45) is 11.2. The molecule has 4 aromatic carbocycles. The van der Waals surface area contributed by atoms with Gasteiger partial charge in [0.1, 0.15) is 24.1 Å². The number of nitrogens with zero attached hydrogens (tertiary/aromatic N) is 6. The molecule has 0 bridgehead atoms. The molecule has 30 heteroatoms. The maximum atomic E-state index is 13.9. The zero-order valence-corrected chi connectivity index (χ0v) is 54.0. The lowest BCUT2D eigenvalue weighted by molar-refractivity contribution is -0.438. The summed E-state index contributed by atoms with van der Waals surface area (Å²) in [7, 11) is -16.4. The first-order valence-electron chi connectivity index (χ1n) is 29.1. The molecular weight excluding hydrogens is 1270 g/mol. The number of aromatic nitrogens is 4. The number of unbranched alkanes of at least 4 members (excludes halogenated alkanes) is 2. The zero-order chi connectivity index (χ0) is 66.9. The number of benzene rings is 4. The van der Waals surface area contributed by atoms with Crippen LogP contribution in [0, 0.1) is 0 Å². The minimum Gasteiger partial charge on any atom is -0.480 e. The Labute approximate surface area is 532 Å². The molecule has 0 spiro atoms. The summed E-state index contributed by atoms with van der Waals surface area (Å²) in [6, 6.07) is 20.2. The van der Waals surface area contributed by atoms with E-state index < -0.39 is 86.3 Å². The average Bonchev–Trinajstić information content (AvgIpc) is 1.59. The molecule has 6 aromatic rings. The molecule has 92 heavy (non-hydrogen) atoms. The Hall–Kier alpha value is -8.49. The molecule has 9 N–H and O–H groups in total. The monoisotopic (exact) mass is 1340 g/mol. The molecule has 2 aromatic heterocycles. The van der Waals surface area contributed by atoms with Crippen molar-refractivity contribution in [1.82, 2.24) is 24.8 Å². The lowest BCUT2D eigenvalue weighted by Crippen LogP contribution is -2.43. The molecule has 0 radical (unpaired) electrons. The van der Waals surface area contributed by atoms with Crippen molar-refractivity contribution < 1.29 is 75.9 Å². The number of nitrogens with two attached hydrogens (primary N) is 1. The van der Waals surface area contributed by atoms with E-state index in [0.717, 1.165) is 4.90 Å². The van der Waals surface area contributed by atoms with Gasteiger partial charge in [-0.3, -0.25) is 32.8 Å². The van der Waals surface area contributed by atoms with Crippen molar-refractivity contribution in [2.45, 2.75) is 112 Å². The fourth-order valence-electron chi connectivity index (χ4n) is 11.7. The van der Waals surface area contributed by atoms with Gasteiger partial charge < -0.3 is 30.7 Å². The fraction of sp³-hybridized carbons (Fsp3) is 0.339. The Morgan fingerprint density at radius 3 is 2.08 bits per heavy atom. The number of anilines is 3. The van der Waals surface area contributed by atoms with Crippen molar-refractivity contribution in [2.75, 3.05) is 47.6 Å². The lowest BCUT2D eigenvalue weighted by Gasteiger charge is -2.27. The number of ether oxygens (including phenoxy) is 1. The summed E-state index contributed by atoms with van der Waals surface area (Å²) in [5, 5.41) is 13.7. The van der Waals surface area contributed by atoms with Crippen LogP contribution in [0.25, 0.3) is 11.2 Å². The number of H-pyrrole nitrogens is 1. The van der Waals surface area contributed by atoms with Crippen LogP contribution in [-0.2, 0) is 69.1 Å². The number of hydrogen-bond acceptors (Lipinski definition) is 18. The Balaban J connectivity index is 1.03. The first kappa shape index (κ1) is 67.9. The first-order chi connectivity index (χ1) is 43.1. The predicted molar refractivity (Wildman–Crippen MR) is 344 cm³/mol. The normalized spacial score (nSPS) is 17.0. The Kier molecular flexibility index (Phi) is 19.6. The highest BCUT2D eigenvalue weighted by molar-refractivity contribution is 7.86. The quantitative estimate of drug-likeness (QED) is 0.0156. The van der Waals surface area contributed by atoms with E-state index in [1.807, 2.05) is 61.5 Å². The van der Waals surface area contributed by atoms with E-state index in [4.69, 9.17) is 10.5 Å². The van der Waals surface area contributed by atoms with Gasteiger partial charge in [-0.25, -0.2) is 14.8 Å². The van der Waals surface area contributed by atoms with Crippen LogP contribution in [-0.4, -0.2) is 142 Å². The molecule has 9 rings (SSSR count). The van der Waals surface area contributed by atoms with Crippen molar-refractivity contribution in [3.05, 3.63) is 176 Å². The maximum Gasteiger partial charge on any atom is 0.326 e. The van der Waals surface area contributed by atoms with Gasteiger partial charge in [-0.2, -0.15) is 43.2 Å². The highest BCUT2D eigenvalue weighted by atomic mass is 32.2. The van der Waals surface area contributed by atoms with Crippen LogP contribution < -0.4 is 26.2 Å². The Morgan fingerprint density at radius 2 is 1.43 bits per heavy atom. The molecule has 1 amide bonds. The number of carboxylic acid groups (broad SMARTS) is 1. The lowest BCUT2D eigenvalue weighted by atomic mass is 9.81. The van der Waals surface area contributed by atoms with Gasteiger partial charge in [0.25, 0.3) is 51.9 Å². The molecule has 1 atom stereocenters. The molecule has 4 heterocycles. The molecular formula is C62H70N9O17S4+. The highest BCUT2D eigenvalue weighted by Gasteiger charge is 2.45. The SMILES string of the molecule is CN(C(=O)c1ccc(NCc2cnc3nc(N)[nH]c(=O)c3n2)cc1)C(Cc1ccc(OC2=C(C=CC3=[N+](CCCCS(=O)(=O)O)c4ccc(S(=O)(=O)O)cc4C3(C)C)CCCC2=CC=C2N(CCCCS(=O)(=O)O)c3ccc(S(=O)(=O)O)cc3C2(C)C)cc1)C(=O)O. The molecule has 0 saturated carbocycles. The first-order valence-corrected chi connectivity index (χ1v) is 35.2. The minimum absolute atomic E-state index is 0.0144. The molecule has 3 aliphatic rings. The molecule has 26 nitrogen and oxygen atoms in total. The van der Waals surface area contributed by atoms with Gasteiger partial charge >= 0.3 is 5.97 Å². The number of nitrogens with one attached hydrogen (secondary N) is 2. The van der Waals surface area contributed by atoms with Crippen LogP contribution >= 0.6 is 0 Å². The number of carbonyl (C=O) groups excluding carboxylic acids is 1. The summed E-state index contributed by atoms with van der Waals surface area (Å²) < 4.78 is 145. The Bertz CT molecular complexity index is 4620. The third-order valence-electron chi connectivity index (χ3n) is 16.5. The second kappa shape index (κ2) is 26.6. The molecule has 1 aliphatic carbocycles. The Morgan fingerprint density at radius 1 is 0.793 bits per heavy atom. The number of aliphatic carboxylic acids is 1. The van der Waals surface area contributed by atoms with Crippen molar-refractivity contribution in [3.8, 4) is 5.75 Å². The van der Waals surface area contributed by atoms with E-state index >= 15 is 0 Å². The van der Waals surface area contributed by atoms with Crippen molar-refractivity contribution in [1.29, 1.82) is 0 Å². The fourth-order valence-corrected chi connectivity index (χ4v) is 13.8. The smallest absolute Gasteiger partial charge is 0.326 e. The van der Waals surface area contributed by atoms with Gasteiger partial charge in [-0.1, -0.05) is 32.1 Å². The topological polar surface area (TPSA) is 400 Å². The largest absolute Gasteiger partial charge is 0.480 e. The third kappa shape index (κ3) is 15.7. The van der Waals surface area contributed by atoms with E-state index in [1.54, 1.807) is 60.7 Å². The van der Waals surface area contributed by atoms with E-state index in [2.05, 4.69) is 25.3 Å². The number of amides is 1. The molecule has 1 unspecified atom stereocenters. The summed E-state index contributed by atoms with van der Waals surface area (Å²) in [5.41, 5.74) is 10.3. The number of rotatable bonds is 25. The van der Waals surface area contributed by atoms with Crippen molar-refractivity contribution in [3.63, 3.8) is 0 Å². The zero-order valence-electron chi connectivity index (χ0n) is 50.8. The predicted octanol–water partition coefficient (Wildman–Crippen LogP) is 7.56. The standard InChI is InChI=1S/C62H69N9O17S4/c1-61(2)47-34-45(91(82,83)84)23-25-49(47)70(29-6-8-31-89(76,77)78)52(61)27-17-39-11-10-12-40(18-28-53-62(3,4)48-35-46(92(85,86)87)24-26-50(48)71(53)30-7-9-32-90(79,80)81)55(39)88-44-21-13-38(14-22-44)33-51(59(74)75)69(5)58(73)41-15-19-42(20-16-41)64-36-43-37-65-56-54(66-43)57(72)68-60(63)67-56/h13-28,34-35,37,51H,6-12,29-33,36H2,1-5H3,(H8-,63,64,65,67,68,72,73,74,75,76,77,78,79,80,81,82,83,84,85,86,87)/p+1. The number of nitrogen functional groups attached to an aromatic ring is 1. The number of likely N-dealkylation sites (N-methyl/N-ethyl adjacent to an activating group) is 1. The van der Waals surface area contributed by atoms with Gasteiger partial charge in [-0.05, 0) is 154 Å². The second-order valence-corrected chi connectivity index (χ2v) is 29.6. The third-order valence-corrected chi connectivity index (χ3v) is 19.8. The number of aromatic amines is 1. The summed E-state index contributed by atoms with van der Waals surface area (Å²) in [5.74, 6) is -2.10. The van der Waals surface area contributed by atoms with E-state index in [0.29, 0.717) is 106 Å². The van der Waals surface area contributed by atoms with Gasteiger partial charge in [0, 0.05) is 72.2 Å². The van der Waals surface area contributed by atoms with Crippen LogP contribution in [0.2, 0.25) is 0 Å². The average molecular weight is 1340 g/mol.